The number of benzene rings is 2. The number of amides is 1. The normalized spacial score (nSPS) is 19.8. The van der Waals surface area contributed by atoms with E-state index in [9.17, 15) is 18.3 Å². The van der Waals surface area contributed by atoms with E-state index in [1.54, 1.807) is 19.2 Å². The molecule has 2 aliphatic rings. The van der Waals surface area contributed by atoms with Gasteiger partial charge in [-0.2, -0.15) is 4.31 Å². The van der Waals surface area contributed by atoms with Gasteiger partial charge in [-0.1, -0.05) is 31.4 Å². The topological polar surface area (TPSA) is 115 Å². The third-order valence-electron chi connectivity index (χ3n) is 7.65. The molecule has 42 heavy (non-hydrogen) atoms. The fourth-order valence-corrected chi connectivity index (χ4v) is 6.66. The van der Waals surface area contributed by atoms with Crippen LogP contribution < -0.4 is 9.47 Å². The number of hydrogen-bond donors (Lipinski definition) is 1. The number of carbonyl (C=O) groups is 1. The maximum Gasteiger partial charge on any atom is 0.288 e. The minimum atomic E-state index is -3.88. The summed E-state index contributed by atoms with van der Waals surface area (Å²) >= 11 is 0. The molecule has 0 spiro atoms. The Kier molecular flexibility index (Phi) is 11.6. The summed E-state index contributed by atoms with van der Waals surface area (Å²) in [6.07, 6.45) is 6.90. The molecule has 1 amide bonds. The van der Waals surface area contributed by atoms with Crippen molar-refractivity contribution in [3.63, 3.8) is 0 Å². The molecule has 0 aromatic heterocycles. The van der Waals surface area contributed by atoms with Gasteiger partial charge in [-0.05, 0) is 60.9 Å². The number of rotatable bonds is 12. The summed E-state index contributed by atoms with van der Waals surface area (Å²) in [6, 6.07) is 13.8. The van der Waals surface area contributed by atoms with Gasteiger partial charge in [-0.3, -0.25) is 4.79 Å². The van der Waals surface area contributed by atoms with Crippen LogP contribution in [-0.2, 0) is 24.3 Å². The average Bonchev–Trinajstić information content (AvgIpc) is 3.00. The highest BCUT2D eigenvalue weighted by Gasteiger charge is 2.32. The van der Waals surface area contributed by atoms with Gasteiger partial charge in [0.15, 0.2) is 5.76 Å². The largest absolute Gasteiger partial charge is 0.497 e. The maximum absolute atomic E-state index is 13.6. The Morgan fingerprint density at radius 1 is 0.929 bits per heavy atom. The van der Waals surface area contributed by atoms with Crippen molar-refractivity contribution < 1.29 is 37.3 Å². The summed E-state index contributed by atoms with van der Waals surface area (Å²) in [6.45, 7) is 0.971. The average molecular weight is 603 g/mol. The first-order valence-electron chi connectivity index (χ1n) is 14.5. The molecule has 0 unspecified atom stereocenters. The van der Waals surface area contributed by atoms with Crippen molar-refractivity contribution >= 4 is 15.9 Å². The first-order chi connectivity index (χ1) is 20.3. The van der Waals surface area contributed by atoms with Gasteiger partial charge in [0.25, 0.3) is 5.91 Å². The van der Waals surface area contributed by atoms with Gasteiger partial charge in [0.2, 0.25) is 16.3 Å². The lowest BCUT2D eigenvalue weighted by Crippen LogP contribution is -2.39. The number of methoxy groups -OCH3 is 2. The zero-order valence-corrected chi connectivity index (χ0v) is 25.3. The van der Waals surface area contributed by atoms with Crippen LogP contribution in [0.15, 0.2) is 65.3 Å². The summed E-state index contributed by atoms with van der Waals surface area (Å²) < 4.78 is 50.3. The molecule has 0 saturated carbocycles. The summed E-state index contributed by atoms with van der Waals surface area (Å²) in [4.78, 5) is 15.5. The monoisotopic (exact) mass is 602 g/mol. The van der Waals surface area contributed by atoms with Crippen LogP contribution in [0.2, 0.25) is 0 Å². The molecule has 11 heteroatoms. The van der Waals surface area contributed by atoms with E-state index in [1.807, 2.05) is 35.2 Å². The van der Waals surface area contributed by atoms with Crippen molar-refractivity contribution in [3.8, 4) is 11.5 Å². The third-order valence-corrected chi connectivity index (χ3v) is 9.56. The van der Waals surface area contributed by atoms with Gasteiger partial charge < -0.3 is 29.0 Å². The van der Waals surface area contributed by atoms with Gasteiger partial charge in [-0.15, -0.1) is 0 Å². The molecule has 2 aromatic carbocycles. The number of sulfonamides is 1. The fourth-order valence-electron chi connectivity index (χ4n) is 5.25. The SMILES string of the molecule is COc1ccc([C@H]2C=C(C(=O)N3CCCCCCC3)O[C@@H](OCCN(CCO)S(=O)(=O)c3ccc(OC)cc3)C2)cc1. The Morgan fingerprint density at radius 2 is 1.52 bits per heavy atom. The van der Waals surface area contributed by atoms with Crippen LogP contribution in [0.25, 0.3) is 0 Å². The van der Waals surface area contributed by atoms with Crippen LogP contribution in [0.4, 0.5) is 0 Å². The van der Waals surface area contributed by atoms with Gasteiger partial charge >= 0.3 is 0 Å². The van der Waals surface area contributed by atoms with Crippen molar-refractivity contribution in [1.82, 2.24) is 9.21 Å². The Hall–Kier alpha value is -3.12. The lowest BCUT2D eigenvalue weighted by molar-refractivity contribution is -0.153. The molecular weight excluding hydrogens is 560 g/mol. The molecule has 10 nitrogen and oxygen atoms in total. The van der Waals surface area contributed by atoms with Crippen LogP contribution in [-0.4, -0.2) is 88.5 Å². The van der Waals surface area contributed by atoms with Crippen LogP contribution in [0, 0.1) is 0 Å². The summed E-state index contributed by atoms with van der Waals surface area (Å²) in [5, 5.41) is 9.58. The molecule has 0 bridgehead atoms. The first-order valence-corrected chi connectivity index (χ1v) is 16.0. The number of likely N-dealkylation sites (tertiary alicyclic amines) is 1. The Morgan fingerprint density at radius 3 is 2.12 bits per heavy atom. The number of ether oxygens (including phenoxy) is 4. The smallest absolute Gasteiger partial charge is 0.288 e. The van der Waals surface area contributed by atoms with Crippen molar-refractivity contribution in [2.24, 2.45) is 0 Å². The summed E-state index contributed by atoms with van der Waals surface area (Å²) in [5.74, 6) is 1.25. The molecule has 0 radical (unpaired) electrons. The second-order valence-electron chi connectivity index (χ2n) is 10.4. The highest BCUT2D eigenvalue weighted by molar-refractivity contribution is 7.89. The quantitative estimate of drug-likeness (QED) is 0.389. The lowest BCUT2D eigenvalue weighted by Gasteiger charge is -2.33. The number of nitrogens with zero attached hydrogens (tertiary/aromatic N) is 2. The highest BCUT2D eigenvalue weighted by atomic mass is 32.2. The van der Waals surface area contributed by atoms with Crippen molar-refractivity contribution in [2.75, 3.05) is 53.6 Å². The predicted octanol–water partition coefficient (Wildman–Crippen LogP) is 3.91. The maximum atomic E-state index is 13.6. The Balaban J connectivity index is 1.47. The fraction of sp³-hybridized carbons (Fsp3) is 0.516. The van der Waals surface area contributed by atoms with E-state index in [0.29, 0.717) is 25.3 Å². The van der Waals surface area contributed by atoms with Crippen molar-refractivity contribution in [1.29, 1.82) is 0 Å². The van der Waals surface area contributed by atoms with E-state index >= 15 is 0 Å². The van der Waals surface area contributed by atoms with E-state index in [0.717, 1.165) is 37.0 Å². The Bertz CT molecular complexity index is 1270. The van der Waals surface area contributed by atoms with E-state index in [1.165, 1.54) is 30.0 Å². The van der Waals surface area contributed by atoms with E-state index in [2.05, 4.69) is 0 Å². The zero-order chi connectivity index (χ0) is 30.0. The van der Waals surface area contributed by atoms with Crippen LogP contribution in [0.5, 0.6) is 11.5 Å². The molecule has 1 saturated heterocycles. The second-order valence-corrected chi connectivity index (χ2v) is 12.4. The highest BCUT2D eigenvalue weighted by Crippen LogP contribution is 2.33. The molecule has 1 N–H and O–H groups in total. The lowest BCUT2D eigenvalue weighted by atomic mass is 9.92. The van der Waals surface area contributed by atoms with E-state index in [4.69, 9.17) is 18.9 Å². The standard InChI is InChI=1S/C31H42N2O8S/c1-38-26-10-8-24(9-11-26)25-22-29(31(35)32-16-6-4-3-5-7-17-32)41-30(23-25)40-21-19-33(18-20-34)42(36,37)28-14-12-27(39-2)13-15-28/h8-15,22,25,30,34H,3-7,16-21,23H2,1-2H3/t25-,30+/m0/s1. The van der Waals surface area contributed by atoms with Crippen LogP contribution in [0.1, 0.15) is 50.0 Å². The number of allylic oxidation sites excluding steroid dienone is 1. The number of hydrogen-bond acceptors (Lipinski definition) is 8. The molecular formula is C31H42N2O8S. The van der Waals surface area contributed by atoms with Crippen LogP contribution >= 0.6 is 0 Å². The zero-order valence-electron chi connectivity index (χ0n) is 24.4. The van der Waals surface area contributed by atoms with Crippen molar-refractivity contribution in [3.05, 3.63) is 65.9 Å². The minimum Gasteiger partial charge on any atom is -0.497 e. The summed E-state index contributed by atoms with van der Waals surface area (Å²) in [5.41, 5.74) is 0.995. The van der Waals surface area contributed by atoms with Crippen molar-refractivity contribution in [2.45, 2.75) is 55.6 Å². The molecule has 2 heterocycles. The molecule has 2 atom stereocenters. The molecule has 4 rings (SSSR count). The number of carbonyl (C=O) groups excluding carboxylic acids is 1. The molecule has 0 aliphatic carbocycles. The molecule has 230 valence electrons. The molecule has 2 aromatic rings. The van der Waals surface area contributed by atoms with Gasteiger partial charge in [0.05, 0.1) is 32.3 Å². The van der Waals surface area contributed by atoms with Gasteiger partial charge in [0, 0.05) is 38.5 Å². The minimum absolute atomic E-state index is 0.00110. The molecule has 1 fully saturated rings. The van der Waals surface area contributed by atoms with Crippen LogP contribution in [0.3, 0.4) is 0 Å². The van der Waals surface area contributed by atoms with E-state index < -0.39 is 16.3 Å². The number of aliphatic hydroxyl groups excluding tert-OH is 1. The Labute approximate surface area is 248 Å². The second kappa shape index (κ2) is 15.4. The molecule has 2 aliphatic heterocycles. The van der Waals surface area contributed by atoms with Gasteiger partial charge in [0.1, 0.15) is 11.5 Å². The first kappa shape index (κ1) is 31.8. The predicted molar refractivity (Wildman–Crippen MR) is 158 cm³/mol. The summed E-state index contributed by atoms with van der Waals surface area (Å²) in [7, 11) is -0.762. The number of aliphatic hydroxyl groups is 1. The third kappa shape index (κ3) is 8.25. The van der Waals surface area contributed by atoms with E-state index in [-0.39, 0.29) is 48.8 Å². The van der Waals surface area contributed by atoms with Gasteiger partial charge in [-0.25, -0.2) is 8.42 Å².